The maximum absolute atomic E-state index is 12.7. The zero-order chi connectivity index (χ0) is 16.0. The van der Waals surface area contributed by atoms with E-state index in [-0.39, 0.29) is 24.5 Å². The highest BCUT2D eigenvalue weighted by Gasteiger charge is 2.39. The van der Waals surface area contributed by atoms with Gasteiger partial charge < -0.3 is 19.3 Å². The first-order chi connectivity index (χ1) is 11.1. The van der Waals surface area contributed by atoms with Gasteiger partial charge in [0.1, 0.15) is 6.04 Å². The second-order valence-electron chi connectivity index (χ2n) is 6.36. The Labute approximate surface area is 134 Å². The van der Waals surface area contributed by atoms with Crippen LogP contribution in [0, 0.1) is 5.92 Å². The van der Waals surface area contributed by atoms with Crippen molar-refractivity contribution in [2.24, 2.45) is 5.92 Å². The number of anilines is 1. The van der Waals surface area contributed by atoms with E-state index in [2.05, 4.69) is 0 Å². The van der Waals surface area contributed by atoms with Crippen LogP contribution in [-0.2, 0) is 9.59 Å². The summed E-state index contributed by atoms with van der Waals surface area (Å²) in [7, 11) is 0. The third kappa shape index (κ3) is 2.33. The number of fused-ring (bicyclic) bond motifs is 1. The molecule has 2 amide bonds. The van der Waals surface area contributed by atoms with E-state index >= 15 is 0 Å². The van der Waals surface area contributed by atoms with E-state index < -0.39 is 6.04 Å². The maximum atomic E-state index is 12.7. The first kappa shape index (κ1) is 14.4. The van der Waals surface area contributed by atoms with Crippen LogP contribution in [0.2, 0.25) is 0 Å². The van der Waals surface area contributed by atoms with Crippen LogP contribution >= 0.6 is 0 Å². The van der Waals surface area contributed by atoms with Gasteiger partial charge in [-0.3, -0.25) is 9.59 Å². The van der Waals surface area contributed by atoms with Crippen molar-refractivity contribution in [2.75, 3.05) is 24.8 Å². The van der Waals surface area contributed by atoms with Gasteiger partial charge in [-0.2, -0.15) is 0 Å². The van der Waals surface area contributed by atoms with Crippen molar-refractivity contribution in [2.45, 2.75) is 32.2 Å². The molecule has 2 fully saturated rings. The van der Waals surface area contributed by atoms with Crippen LogP contribution in [0.25, 0.3) is 0 Å². The van der Waals surface area contributed by atoms with Gasteiger partial charge in [-0.05, 0) is 31.9 Å². The summed E-state index contributed by atoms with van der Waals surface area (Å²) in [6.45, 7) is 3.13. The van der Waals surface area contributed by atoms with Gasteiger partial charge in [-0.1, -0.05) is 6.42 Å². The van der Waals surface area contributed by atoms with Gasteiger partial charge in [0.15, 0.2) is 11.5 Å². The molecule has 122 valence electrons. The normalized spacial score (nSPS) is 23.9. The van der Waals surface area contributed by atoms with Gasteiger partial charge in [-0.25, -0.2) is 0 Å². The lowest BCUT2D eigenvalue weighted by atomic mass is 9.84. The molecule has 0 N–H and O–H groups in total. The van der Waals surface area contributed by atoms with Gasteiger partial charge >= 0.3 is 0 Å². The topological polar surface area (TPSA) is 59.1 Å². The van der Waals surface area contributed by atoms with Crippen molar-refractivity contribution < 1.29 is 19.1 Å². The molecule has 4 rings (SSSR count). The Hall–Kier alpha value is -2.24. The zero-order valence-electron chi connectivity index (χ0n) is 13.2. The molecule has 1 saturated carbocycles. The highest BCUT2D eigenvalue weighted by atomic mass is 16.7. The summed E-state index contributed by atoms with van der Waals surface area (Å²) < 4.78 is 10.7. The number of nitrogens with zero attached hydrogens (tertiary/aromatic N) is 2. The fraction of sp³-hybridized carbons (Fsp3) is 0.529. The Balaban J connectivity index is 1.52. The number of piperazine rings is 1. The Morgan fingerprint density at radius 1 is 1.17 bits per heavy atom. The average molecular weight is 316 g/mol. The standard InChI is InChI=1S/C17H20N2O4/c1-11-16(20)19(8-7-18(11)17(21)12-3-2-4-12)13-5-6-14-15(9-13)23-10-22-14/h5-6,9,11-12H,2-4,7-8,10H2,1H3. The SMILES string of the molecule is CC1C(=O)N(c2ccc3c(c2)OCO3)CCN1C(=O)C1CCC1. The van der Waals surface area contributed by atoms with Gasteiger partial charge in [0.05, 0.1) is 0 Å². The molecular weight excluding hydrogens is 296 g/mol. The Morgan fingerprint density at radius 2 is 1.96 bits per heavy atom. The highest BCUT2D eigenvalue weighted by Crippen LogP contribution is 2.36. The highest BCUT2D eigenvalue weighted by molar-refractivity contribution is 6.00. The third-order valence-corrected chi connectivity index (χ3v) is 5.06. The van der Waals surface area contributed by atoms with Crippen molar-refractivity contribution in [1.82, 2.24) is 4.90 Å². The van der Waals surface area contributed by atoms with Crippen molar-refractivity contribution in [3.8, 4) is 11.5 Å². The van der Waals surface area contributed by atoms with E-state index in [9.17, 15) is 9.59 Å². The van der Waals surface area contributed by atoms with Gasteiger partial charge in [0.25, 0.3) is 0 Å². The van der Waals surface area contributed by atoms with E-state index in [0.717, 1.165) is 24.9 Å². The van der Waals surface area contributed by atoms with Crippen LogP contribution in [0.4, 0.5) is 5.69 Å². The Morgan fingerprint density at radius 3 is 2.70 bits per heavy atom. The maximum Gasteiger partial charge on any atom is 0.249 e. The second kappa shape index (κ2) is 5.44. The third-order valence-electron chi connectivity index (χ3n) is 5.06. The molecule has 1 aromatic carbocycles. The van der Waals surface area contributed by atoms with Crippen molar-refractivity contribution in [3.63, 3.8) is 0 Å². The van der Waals surface area contributed by atoms with Crippen LogP contribution in [0.3, 0.4) is 0 Å². The smallest absolute Gasteiger partial charge is 0.249 e. The summed E-state index contributed by atoms with van der Waals surface area (Å²) >= 11 is 0. The fourth-order valence-electron chi connectivity index (χ4n) is 3.37. The Bertz CT molecular complexity index is 656. The molecule has 0 spiro atoms. The number of rotatable bonds is 2. The minimum atomic E-state index is -0.415. The minimum absolute atomic E-state index is 0.0391. The molecule has 23 heavy (non-hydrogen) atoms. The first-order valence-electron chi connectivity index (χ1n) is 8.16. The summed E-state index contributed by atoms with van der Waals surface area (Å²) in [4.78, 5) is 28.7. The summed E-state index contributed by atoms with van der Waals surface area (Å²) in [5.74, 6) is 1.59. The molecule has 3 aliphatic rings. The van der Waals surface area contributed by atoms with Crippen LogP contribution in [-0.4, -0.2) is 42.6 Å². The largest absolute Gasteiger partial charge is 0.454 e. The lowest BCUT2D eigenvalue weighted by molar-refractivity contribution is -0.146. The van der Waals surface area contributed by atoms with Crippen LogP contribution in [0.15, 0.2) is 18.2 Å². The quantitative estimate of drug-likeness (QED) is 0.834. The van der Waals surface area contributed by atoms with E-state index in [0.29, 0.717) is 24.6 Å². The molecule has 0 radical (unpaired) electrons. The molecule has 2 heterocycles. The molecule has 2 aliphatic heterocycles. The van der Waals surface area contributed by atoms with E-state index in [4.69, 9.17) is 9.47 Å². The molecule has 6 heteroatoms. The van der Waals surface area contributed by atoms with Crippen LogP contribution in [0.5, 0.6) is 11.5 Å². The van der Waals surface area contributed by atoms with E-state index in [1.54, 1.807) is 9.80 Å². The molecule has 6 nitrogen and oxygen atoms in total. The monoisotopic (exact) mass is 316 g/mol. The van der Waals surface area contributed by atoms with Gasteiger partial charge in [0, 0.05) is 30.8 Å². The van der Waals surface area contributed by atoms with Crippen molar-refractivity contribution in [3.05, 3.63) is 18.2 Å². The summed E-state index contributed by atoms with van der Waals surface area (Å²) in [6, 6.07) is 5.10. The lowest BCUT2D eigenvalue weighted by Gasteiger charge is -2.41. The molecule has 1 aromatic rings. The lowest BCUT2D eigenvalue weighted by Crippen LogP contribution is -2.59. The second-order valence-corrected chi connectivity index (χ2v) is 6.36. The van der Waals surface area contributed by atoms with E-state index in [1.807, 2.05) is 25.1 Å². The number of ether oxygens (including phenoxy) is 2. The fourth-order valence-corrected chi connectivity index (χ4v) is 3.37. The van der Waals surface area contributed by atoms with Crippen molar-refractivity contribution >= 4 is 17.5 Å². The number of benzene rings is 1. The van der Waals surface area contributed by atoms with Gasteiger partial charge in [0.2, 0.25) is 18.6 Å². The summed E-state index contributed by atoms with van der Waals surface area (Å²) in [5.41, 5.74) is 0.793. The minimum Gasteiger partial charge on any atom is -0.454 e. The number of hydrogen-bond acceptors (Lipinski definition) is 4. The predicted octanol–water partition coefficient (Wildman–Crippen LogP) is 1.78. The van der Waals surface area contributed by atoms with Crippen LogP contribution in [0.1, 0.15) is 26.2 Å². The number of carbonyl (C=O) groups excluding carboxylic acids is 2. The molecule has 1 saturated heterocycles. The summed E-state index contributed by atoms with van der Waals surface area (Å²) in [6.07, 6.45) is 3.04. The zero-order valence-corrected chi connectivity index (χ0v) is 13.2. The first-order valence-corrected chi connectivity index (χ1v) is 8.16. The number of amides is 2. The molecule has 0 aromatic heterocycles. The average Bonchev–Trinajstić information content (AvgIpc) is 2.95. The molecule has 1 atom stereocenters. The van der Waals surface area contributed by atoms with E-state index in [1.165, 1.54) is 0 Å². The molecule has 1 unspecified atom stereocenters. The van der Waals surface area contributed by atoms with Crippen LogP contribution < -0.4 is 14.4 Å². The van der Waals surface area contributed by atoms with Crippen molar-refractivity contribution in [1.29, 1.82) is 0 Å². The molecular formula is C17H20N2O4. The molecule has 0 bridgehead atoms. The number of carbonyl (C=O) groups is 2. The van der Waals surface area contributed by atoms with Gasteiger partial charge in [-0.15, -0.1) is 0 Å². The molecule has 1 aliphatic carbocycles. The predicted molar refractivity (Wildman–Crippen MR) is 83.4 cm³/mol. The number of hydrogen-bond donors (Lipinski definition) is 0. The Kier molecular flexibility index (Phi) is 3.39. The summed E-state index contributed by atoms with van der Waals surface area (Å²) in [5, 5.41) is 0.